The number of benzene rings is 1. The lowest BCUT2D eigenvalue weighted by Gasteiger charge is -2.35. The first-order valence-corrected chi connectivity index (χ1v) is 6.59. The molecule has 3 nitrogen and oxygen atoms in total. The van der Waals surface area contributed by atoms with E-state index in [2.05, 4.69) is 37.4 Å². The Morgan fingerprint density at radius 3 is 2.94 bits per heavy atom. The normalized spacial score (nSPS) is 23.9. The summed E-state index contributed by atoms with van der Waals surface area (Å²) in [6.45, 7) is 6.91. The van der Waals surface area contributed by atoms with Crippen molar-refractivity contribution in [1.82, 2.24) is 5.32 Å². The first kappa shape index (κ1) is 13.4. The van der Waals surface area contributed by atoms with E-state index in [1.807, 2.05) is 0 Å². The highest BCUT2D eigenvalue weighted by Gasteiger charge is 2.26. The second-order valence-corrected chi connectivity index (χ2v) is 5.36. The summed E-state index contributed by atoms with van der Waals surface area (Å²) in [5.74, 6) is 0.987. The van der Waals surface area contributed by atoms with Crippen LogP contribution in [0.15, 0.2) is 18.2 Å². The molecule has 0 saturated carbocycles. The number of nitrogens with one attached hydrogen (secondary N) is 1. The monoisotopic (exact) mass is 249 g/mol. The van der Waals surface area contributed by atoms with Gasteiger partial charge in [0, 0.05) is 12.1 Å². The third kappa shape index (κ3) is 3.24. The van der Waals surface area contributed by atoms with Crippen LogP contribution in [0.1, 0.15) is 24.5 Å². The first-order chi connectivity index (χ1) is 8.63. The lowest BCUT2D eigenvalue weighted by atomic mass is 9.92. The second kappa shape index (κ2) is 5.72. The van der Waals surface area contributed by atoms with Crippen LogP contribution in [0.4, 0.5) is 0 Å². The van der Waals surface area contributed by atoms with Crippen LogP contribution in [-0.4, -0.2) is 32.4 Å². The smallest absolute Gasteiger partial charge is 0.122 e. The molecule has 3 heteroatoms. The molecule has 0 spiro atoms. The zero-order chi connectivity index (χ0) is 13.0. The molecule has 1 saturated heterocycles. The van der Waals surface area contributed by atoms with Gasteiger partial charge in [-0.05, 0) is 38.3 Å². The minimum atomic E-state index is 0.0903. The molecule has 2 rings (SSSR count). The third-order valence-corrected chi connectivity index (χ3v) is 3.60. The maximum Gasteiger partial charge on any atom is 0.122 e. The Kier molecular flexibility index (Phi) is 4.25. The third-order valence-electron chi connectivity index (χ3n) is 3.60. The molecule has 1 aliphatic rings. The summed E-state index contributed by atoms with van der Waals surface area (Å²) in [7, 11) is 1.73. The summed E-state index contributed by atoms with van der Waals surface area (Å²) < 4.78 is 11.0. The van der Waals surface area contributed by atoms with Gasteiger partial charge in [-0.3, -0.25) is 0 Å². The van der Waals surface area contributed by atoms with Crippen LogP contribution in [0.5, 0.6) is 5.75 Å². The number of hydrogen-bond acceptors (Lipinski definition) is 3. The van der Waals surface area contributed by atoms with Crippen molar-refractivity contribution >= 4 is 0 Å². The highest BCUT2D eigenvalue weighted by atomic mass is 16.5. The first-order valence-electron chi connectivity index (χ1n) is 6.59. The van der Waals surface area contributed by atoms with Gasteiger partial charge in [-0.25, -0.2) is 0 Å². The lowest BCUT2D eigenvalue weighted by molar-refractivity contribution is 0.0317. The highest BCUT2D eigenvalue weighted by molar-refractivity contribution is 5.37. The number of rotatable bonds is 4. The lowest BCUT2D eigenvalue weighted by Crippen LogP contribution is -2.52. The minimum Gasteiger partial charge on any atom is -0.496 e. The largest absolute Gasteiger partial charge is 0.496 e. The quantitative estimate of drug-likeness (QED) is 0.888. The summed E-state index contributed by atoms with van der Waals surface area (Å²) in [6, 6.07) is 6.36. The molecule has 1 unspecified atom stereocenters. The predicted octanol–water partition coefficient (Wildman–Crippen LogP) is 2.31. The maximum atomic E-state index is 5.56. The molecule has 0 amide bonds. The number of aryl methyl sites for hydroxylation is 2. The molecule has 0 radical (unpaired) electrons. The van der Waals surface area contributed by atoms with Crippen molar-refractivity contribution in [3.63, 3.8) is 0 Å². The molecule has 1 aromatic rings. The molecule has 18 heavy (non-hydrogen) atoms. The number of ether oxygens (including phenoxy) is 2. The van der Waals surface area contributed by atoms with Gasteiger partial charge >= 0.3 is 0 Å². The average Bonchev–Trinajstić information content (AvgIpc) is 2.38. The van der Waals surface area contributed by atoms with Gasteiger partial charge in [0.1, 0.15) is 5.75 Å². The Balaban J connectivity index is 2.02. The zero-order valence-electron chi connectivity index (χ0n) is 11.6. The van der Waals surface area contributed by atoms with Gasteiger partial charge in [0.25, 0.3) is 0 Å². The van der Waals surface area contributed by atoms with E-state index in [-0.39, 0.29) is 5.54 Å². The van der Waals surface area contributed by atoms with Gasteiger partial charge in [-0.2, -0.15) is 0 Å². The van der Waals surface area contributed by atoms with Crippen molar-refractivity contribution in [3.05, 3.63) is 29.3 Å². The van der Waals surface area contributed by atoms with Crippen molar-refractivity contribution < 1.29 is 9.47 Å². The average molecular weight is 249 g/mol. The Morgan fingerprint density at radius 2 is 2.28 bits per heavy atom. The predicted molar refractivity (Wildman–Crippen MR) is 73.3 cm³/mol. The van der Waals surface area contributed by atoms with Crippen molar-refractivity contribution in [2.75, 3.05) is 26.9 Å². The zero-order valence-corrected chi connectivity index (χ0v) is 11.6. The molecule has 0 aromatic heterocycles. The van der Waals surface area contributed by atoms with Crippen LogP contribution in [0.3, 0.4) is 0 Å². The van der Waals surface area contributed by atoms with E-state index >= 15 is 0 Å². The van der Waals surface area contributed by atoms with E-state index in [1.54, 1.807) is 7.11 Å². The number of morpholine rings is 1. The van der Waals surface area contributed by atoms with Crippen LogP contribution < -0.4 is 10.1 Å². The molecule has 100 valence electrons. The summed E-state index contributed by atoms with van der Waals surface area (Å²) in [6.07, 6.45) is 2.07. The molecule has 0 aliphatic carbocycles. The van der Waals surface area contributed by atoms with Crippen LogP contribution >= 0.6 is 0 Å². The molecular weight excluding hydrogens is 226 g/mol. The standard InChI is InChI=1S/C15H23NO2/c1-12-4-5-14(17-3)13(10-12)6-7-15(2)11-18-9-8-16-15/h4-5,10,16H,6-9,11H2,1-3H3. The molecule has 1 aliphatic heterocycles. The Labute approximate surface area is 109 Å². The van der Waals surface area contributed by atoms with Crippen LogP contribution in [0, 0.1) is 6.92 Å². The van der Waals surface area contributed by atoms with Gasteiger partial charge in [0.05, 0.1) is 20.3 Å². The molecular formula is C15H23NO2. The SMILES string of the molecule is COc1ccc(C)cc1CCC1(C)COCCN1. The number of hydrogen-bond donors (Lipinski definition) is 1. The summed E-state index contributed by atoms with van der Waals surface area (Å²) in [4.78, 5) is 0. The fourth-order valence-corrected chi connectivity index (χ4v) is 2.45. The van der Waals surface area contributed by atoms with E-state index in [9.17, 15) is 0 Å². The Hall–Kier alpha value is -1.06. The van der Waals surface area contributed by atoms with Crippen molar-refractivity contribution in [3.8, 4) is 5.75 Å². The Bertz CT molecular complexity index is 397. The van der Waals surface area contributed by atoms with Crippen molar-refractivity contribution in [2.24, 2.45) is 0 Å². The number of methoxy groups -OCH3 is 1. The van der Waals surface area contributed by atoms with E-state index in [0.717, 1.165) is 38.3 Å². The molecule has 1 aromatic carbocycles. The van der Waals surface area contributed by atoms with Gasteiger partial charge in [-0.1, -0.05) is 17.7 Å². The van der Waals surface area contributed by atoms with Gasteiger partial charge < -0.3 is 14.8 Å². The van der Waals surface area contributed by atoms with E-state index in [0.29, 0.717) is 0 Å². The van der Waals surface area contributed by atoms with Crippen LogP contribution in [-0.2, 0) is 11.2 Å². The van der Waals surface area contributed by atoms with Crippen molar-refractivity contribution in [1.29, 1.82) is 0 Å². The van der Waals surface area contributed by atoms with Gasteiger partial charge in [0.15, 0.2) is 0 Å². The molecule has 1 atom stereocenters. The summed E-state index contributed by atoms with van der Waals surface area (Å²) >= 11 is 0. The fraction of sp³-hybridized carbons (Fsp3) is 0.600. The molecule has 1 fully saturated rings. The Morgan fingerprint density at radius 1 is 1.44 bits per heavy atom. The van der Waals surface area contributed by atoms with E-state index < -0.39 is 0 Å². The fourth-order valence-electron chi connectivity index (χ4n) is 2.45. The second-order valence-electron chi connectivity index (χ2n) is 5.36. The van der Waals surface area contributed by atoms with E-state index in [1.165, 1.54) is 11.1 Å². The van der Waals surface area contributed by atoms with Crippen LogP contribution in [0.2, 0.25) is 0 Å². The van der Waals surface area contributed by atoms with Crippen molar-refractivity contribution in [2.45, 2.75) is 32.2 Å². The minimum absolute atomic E-state index is 0.0903. The summed E-state index contributed by atoms with van der Waals surface area (Å²) in [5.41, 5.74) is 2.66. The molecule has 0 bridgehead atoms. The van der Waals surface area contributed by atoms with Crippen LogP contribution in [0.25, 0.3) is 0 Å². The highest BCUT2D eigenvalue weighted by Crippen LogP contribution is 2.24. The van der Waals surface area contributed by atoms with E-state index in [4.69, 9.17) is 9.47 Å². The maximum absolute atomic E-state index is 5.56. The summed E-state index contributed by atoms with van der Waals surface area (Å²) in [5, 5.41) is 3.55. The molecule has 1 N–H and O–H groups in total. The molecule has 1 heterocycles. The van der Waals surface area contributed by atoms with Gasteiger partial charge in [0.2, 0.25) is 0 Å². The van der Waals surface area contributed by atoms with Gasteiger partial charge in [-0.15, -0.1) is 0 Å². The topological polar surface area (TPSA) is 30.5 Å².